The van der Waals surface area contributed by atoms with Crippen LogP contribution < -0.4 is 4.74 Å². The van der Waals surface area contributed by atoms with Gasteiger partial charge in [-0.3, -0.25) is 0 Å². The van der Waals surface area contributed by atoms with Crippen molar-refractivity contribution in [3.63, 3.8) is 0 Å². The number of halogens is 3. The van der Waals surface area contributed by atoms with Gasteiger partial charge in [-0.15, -0.1) is 11.6 Å². The second-order valence-electron chi connectivity index (χ2n) is 2.93. The largest absolute Gasteiger partial charge is 0.478 e. The summed E-state index contributed by atoms with van der Waals surface area (Å²) >= 11 is 5.49. The summed E-state index contributed by atoms with van der Waals surface area (Å²) in [4.78, 5) is 10.8. The molecule has 17 heavy (non-hydrogen) atoms. The number of ether oxygens (including phenoxy) is 1. The lowest BCUT2D eigenvalue weighted by atomic mass is 10.0. The van der Waals surface area contributed by atoms with Crippen LogP contribution in [-0.4, -0.2) is 17.7 Å². The highest BCUT2D eigenvalue weighted by Gasteiger charge is 2.17. The average molecular weight is 262 g/mol. The first-order valence-electron chi connectivity index (χ1n) is 4.30. The predicted octanol–water partition coefficient (Wildman–Crippen LogP) is 2.60. The number of carboxylic acids is 1. The Labute approximate surface area is 100.0 Å². The lowest BCUT2D eigenvalue weighted by Crippen LogP contribution is -2.07. The van der Waals surface area contributed by atoms with Crippen molar-refractivity contribution < 1.29 is 23.4 Å². The van der Waals surface area contributed by atoms with Crippen LogP contribution in [0.25, 0.3) is 0 Å². The van der Waals surface area contributed by atoms with Crippen molar-refractivity contribution in [3.8, 4) is 11.8 Å². The minimum Gasteiger partial charge on any atom is -0.478 e. The minimum atomic E-state index is -3.07. The smallest absolute Gasteiger partial charge is 0.387 e. The molecule has 0 saturated carbocycles. The van der Waals surface area contributed by atoms with Gasteiger partial charge in [0.25, 0.3) is 0 Å². The lowest BCUT2D eigenvalue weighted by molar-refractivity contribution is -0.0503. The number of rotatable bonds is 4. The van der Waals surface area contributed by atoms with E-state index in [9.17, 15) is 13.6 Å². The second kappa shape index (κ2) is 5.46. The van der Waals surface area contributed by atoms with Crippen LogP contribution in [-0.2, 0) is 5.88 Å². The zero-order chi connectivity index (χ0) is 13.0. The van der Waals surface area contributed by atoms with Crippen molar-refractivity contribution in [3.05, 3.63) is 28.8 Å². The third-order valence-corrected chi connectivity index (χ3v) is 2.20. The molecule has 1 rings (SSSR count). The van der Waals surface area contributed by atoms with Crippen molar-refractivity contribution in [2.75, 3.05) is 0 Å². The first-order chi connectivity index (χ1) is 7.99. The second-order valence-corrected chi connectivity index (χ2v) is 3.20. The average Bonchev–Trinajstić information content (AvgIpc) is 2.27. The number of alkyl halides is 3. The van der Waals surface area contributed by atoms with Crippen LogP contribution in [0.1, 0.15) is 21.5 Å². The summed E-state index contributed by atoms with van der Waals surface area (Å²) in [5.41, 5.74) is -0.477. The number of benzene rings is 1. The van der Waals surface area contributed by atoms with Gasteiger partial charge in [0.15, 0.2) is 0 Å². The molecule has 4 nitrogen and oxygen atoms in total. The molecule has 90 valence electrons. The van der Waals surface area contributed by atoms with Crippen LogP contribution in [0, 0.1) is 11.3 Å². The molecule has 0 amide bonds. The predicted molar refractivity (Wildman–Crippen MR) is 54.3 cm³/mol. The Morgan fingerprint density at radius 2 is 2.24 bits per heavy atom. The first-order valence-corrected chi connectivity index (χ1v) is 4.84. The summed E-state index contributed by atoms with van der Waals surface area (Å²) in [6.07, 6.45) is 0. The molecule has 1 N–H and O–H groups in total. The Hall–Kier alpha value is -1.87. The van der Waals surface area contributed by atoms with E-state index in [0.29, 0.717) is 0 Å². The molecule has 0 fully saturated rings. The number of hydrogen-bond donors (Lipinski definition) is 1. The van der Waals surface area contributed by atoms with Crippen molar-refractivity contribution in [1.29, 1.82) is 5.26 Å². The summed E-state index contributed by atoms with van der Waals surface area (Å²) in [5, 5.41) is 17.5. The molecule has 0 atom stereocenters. The zero-order valence-electron chi connectivity index (χ0n) is 8.28. The topological polar surface area (TPSA) is 70.3 Å². The third kappa shape index (κ3) is 3.04. The van der Waals surface area contributed by atoms with Gasteiger partial charge in [-0.1, -0.05) is 0 Å². The first kappa shape index (κ1) is 13.2. The van der Waals surface area contributed by atoms with Gasteiger partial charge in [-0.25, -0.2) is 4.79 Å². The monoisotopic (exact) mass is 261 g/mol. The number of nitrogens with zero attached hydrogens (tertiary/aromatic N) is 1. The highest BCUT2D eigenvalue weighted by molar-refractivity contribution is 6.17. The summed E-state index contributed by atoms with van der Waals surface area (Å²) in [5.74, 6) is -1.83. The van der Waals surface area contributed by atoms with E-state index in [0.717, 1.165) is 12.1 Å². The van der Waals surface area contributed by atoms with E-state index >= 15 is 0 Å². The fraction of sp³-hybridized carbons (Fsp3) is 0.200. The molecule has 0 spiro atoms. The van der Waals surface area contributed by atoms with Crippen LogP contribution in [0.2, 0.25) is 0 Å². The molecule has 0 radical (unpaired) electrons. The number of nitriles is 1. The van der Waals surface area contributed by atoms with Gasteiger partial charge in [-0.05, 0) is 12.1 Å². The molecular weight excluding hydrogens is 256 g/mol. The van der Waals surface area contributed by atoms with E-state index in [4.69, 9.17) is 22.0 Å². The highest BCUT2D eigenvalue weighted by atomic mass is 35.5. The fourth-order valence-electron chi connectivity index (χ4n) is 1.20. The van der Waals surface area contributed by atoms with Crippen molar-refractivity contribution in [2.24, 2.45) is 0 Å². The SMILES string of the molecule is N#Cc1cc(OC(F)F)c(CCl)cc1C(=O)O. The summed E-state index contributed by atoms with van der Waals surface area (Å²) < 4.78 is 28.3. The van der Waals surface area contributed by atoms with Crippen LogP contribution in [0.15, 0.2) is 12.1 Å². The standard InChI is InChI=1S/C10H6ClF2NO3/c11-3-5-1-7(9(15)16)6(4-14)2-8(5)17-10(12)13/h1-2,10H,3H2,(H,15,16). The summed E-state index contributed by atoms with van der Waals surface area (Å²) in [7, 11) is 0. The normalized spacial score (nSPS) is 10.1. The van der Waals surface area contributed by atoms with Crippen LogP contribution in [0.5, 0.6) is 5.75 Å². The molecule has 1 aromatic rings. The number of aromatic carboxylic acids is 1. The maximum Gasteiger partial charge on any atom is 0.387 e. The lowest BCUT2D eigenvalue weighted by Gasteiger charge is -2.10. The molecule has 0 heterocycles. The Bertz CT molecular complexity index is 485. The van der Waals surface area contributed by atoms with Crippen molar-refractivity contribution >= 4 is 17.6 Å². The maximum absolute atomic E-state index is 12.1. The maximum atomic E-state index is 12.1. The molecule has 1 aromatic carbocycles. The quantitative estimate of drug-likeness (QED) is 0.846. The Balaban J connectivity index is 3.34. The summed E-state index contributed by atoms with van der Waals surface area (Å²) in [6, 6.07) is 3.58. The minimum absolute atomic E-state index is 0.0865. The van der Waals surface area contributed by atoms with Gasteiger partial charge >= 0.3 is 12.6 Å². The molecule has 0 aromatic heterocycles. The van der Waals surface area contributed by atoms with Crippen LogP contribution in [0.3, 0.4) is 0 Å². The summed E-state index contributed by atoms with van der Waals surface area (Å²) in [6.45, 7) is -3.07. The molecule has 0 saturated heterocycles. The molecule has 7 heteroatoms. The van der Waals surface area contributed by atoms with E-state index in [1.54, 1.807) is 6.07 Å². The van der Waals surface area contributed by atoms with E-state index in [1.165, 1.54) is 0 Å². The van der Waals surface area contributed by atoms with Gasteiger partial charge in [0.2, 0.25) is 0 Å². The molecule has 0 aliphatic rings. The number of hydrogen-bond acceptors (Lipinski definition) is 3. The molecule has 0 aliphatic carbocycles. The third-order valence-electron chi connectivity index (χ3n) is 1.91. The van der Waals surface area contributed by atoms with E-state index < -0.39 is 12.6 Å². The molecular formula is C10H6ClF2NO3. The van der Waals surface area contributed by atoms with Crippen molar-refractivity contribution in [2.45, 2.75) is 12.5 Å². The van der Waals surface area contributed by atoms with E-state index in [2.05, 4.69) is 4.74 Å². The number of carbonyl (C=O) groups is 1. The van der Waals surface area contributed by atoms with Gasteiger partial charge in [-0.2, -0.15) is 14.0 Å². The zero-order valence-corrected chi connectivity index (χ0v) is 9.04. The fourth-order valence-corrected chi connectivity index (χ4v) is 1.41. The Morgan fingerprint density at radius 3 is 2.65 bits per heavy atom. The van der Waals surface area contributed by atoms with Gasteiger partial charge < -0.3 is 9.84 Å². The van der Waals surface area contributed by atoms with Gasteiger partial charge in [0.1, 0.15) is 11.8 Å². The van der Waals surface area contributed by atoms with E-state index in [-0.39, 0.29) is 28.3 Å². The molecule has 0 bridgehead atoms. The number of carboxylic acid groups (broad SMARTS) is 1. The van der Waals surface area contributed by atoms with Crippen LogP contribution in [0.4, 0.5) is 8.78 Å². The van der Waals surface area contributed by atoms with E-state index in [1.807, 2.05) is 0 Å². The van der Waals surface area contributed by atoms with Gasteiger partial charge in [0.05, 0.1) is 17.0 Å². The Kier molecular flexibility index (Phi) is 4.24. The highest BCUT2D eigenvalue weighted by Crippen LogP contribution is 2.26. The van der Waals surface area contributed by atoms with Crippen molar-refractivity contribution in [1.82, 2.24) is 0 Å². The Morgan fingerprint density at radius 1 is 1.59 bits per heavy atom. The molecule has 0 unspecified atom stereocenters. The molecule has 0 aliphatic heterocycles. The van der Waals surface area contributed by atoms with Gasteiger partial charge in [0, 0.05) is 5.56 Å². The van der Waals surface area contributed by atoms with Crippen LogP contribution >= 0.6 is 11.6 Å².